The van der Waals surface area contributed by atoms with E-state index in [0.717, 1.165) is 31.5 Å². The molecule has 3 heteroatoms. The Morgan fingerprint density at radius 3 is 2.33 bits per heavy atom. The maximum absolute atomic E-state index is 13.5. The molecule has 3 rings (SSSR count). The molecule has 0 aliphatic heterocycles. The second-order valence-electron chi connectivity index (χ2n) is 6.78. The molecule has 2 aliphatic rings. The van der Waals surface area contributed by atoms with Crippen LogP contribution in [0.1, 0.15) is 48.0 Å². The minimum absolute atomic E-state index is 0.0606. The fourth-order valence-electron chi connectivity index (χ4n) is 2.76. The average Bonchev–Trinajstić information content (AvgIpc) is 3.35. The van der Waals surface area contributed by atoms with E-state index in [1.54, 1.807) is 19.1 Å². The minimum Gasteiger partial charge on any atom is -0.302 e. The number of carbonyl (C=O) groups excluding carboxylic acids is 1. The van der Waals surface area contributed by atoms with Gasteiger partial charge in [0.2, 0.25) is 0 Å². The third-order valence-electron chi connectivity index (χ3n) is 4.58. The van der Waals surface area contributed by atoms with Gasteiger partial charge < -0.3 is 4.90 Å². The van der Waals surface area contributed by atoms with E-state index in [-0.39, 0.29) is 11.6 Å². The molecule has 0 amide bonds. The van der Waals surface area contributed by atoms with Gasteiger partial charge >= 0.3 is 0 Å². The smallest absolute Gasteiger partial charge is 0.164 e. The number of benzene rings is 1. The van der Waals surface area contributed by atoms with Gasteiger partial charge in [0.15, 0.2) is 5.78 Å². The first kappa shape index (κ1) is 14.7. The quantitative estimate of drug-likeness (QED) is 0.678. The Hall–Kier alpha value is -1.22. The largest absolute Gasteiger partial charge is 0.302 e. The summed E-state index contributed by atoms with van der Waals surface area (Å²) in [6.07, 6.45) is 5.88. The second kappa shape index (κ2) is 6.27. The lowest BCUT2D eigenvalue weighted by molar-refractivity contribution is 0.0961. The normalized spacial score (nSPS) is 18.2. The van der Waals surface area contributed by atoms with E-state index in [1.807, 2.05) is 0 Å². The SMILES string of the molecule is Cc1ccc(C(=O)CCN(CC2CC2)CC2CC2)cc1F. The number of aryl methyl sites for hydroxylation is 1. The van der Waals surface area contributed by atoms with Gasteiger partial charge in [0, 0.05) is 31.6 Å². The fourth-order valence-corrected chi connectivity index (χ4v) is 2.76. The van der Waals surface area contributed by atoms with Crippen LogP contribution in [-0.4, -0.2) is 30.3 Å². The van der Waals surface area contributed by atoms with Crippen LogP contribution in [0.15, 0.2) is 18.2 Å². The molecule has 2 fully saturated rings. The summed E-state index contributed by atoms with van der Waals surface area (Å²) in [7, 11) is 0. The van der Waals surface area contributed by atoms with Crippen molar-refractivity contribution in [3.05, 3.63) is 35.1 Å². The van der Waals surface area contributed by atoms with E-state index in [9.17, 15) is 9.18 Å². The molecule has 0 bridgehead atoms. The molecular formula is C18H24FNO. The van der Waals surface area contributed by atoms with Gasteiger partial charge in [-0.3, -0.25) is 4.79 Å². The Kier molecular flexibility index (Phi) is 4.39. The van der Waals surface area contributed by atoms with Crippen molar-refractivity contribution in [3.63, 3.8) is 0 Å². The Bertz CT molecular complexity index is 506. The molecule has 0 unspecified atom stereocenters. The van der Waals surface area contributed by atoms with Gasteiger partial charge in [-0.25, -0.2) is 4.39 Å². The molecule has 0 radical (unpaired) electrons. The predicted octanol–water partition coefficient (Wildman–Crippen LogP) is 3.83. The van der Waals surface area contributed by atoms with Crippen molar-refractivity contribution in [1.29, 1.82) is 0 Å². The highest BCUT2D eigenvalue weighted by Crippen LogP contribution is 2.33. The zero-order chi connectivity index (χ0) is 14.8. The molecule has 0 saturated heterocycles. The first-order chi connectivity index (χ1) is 10.1. The highest BCUT2D eigenvalue weighted by Gasteiger charge is 2.29. The molecule has 21 heavy (non-hydrogen) atoms. The van der Waals surface area contributed by atoms with Crippen molar-refractivity contribution in [1.82, 2.24) is 4.90 Å². The second-order valence-corrected chi connectivity index (χ2v) is 6.78. The van der Waals surface area contributed by atoms with E-state index in [2.05, 4.69) is 4.90 Å². The zero-order valence-corrected chi connectivity index (χ0v) is 12.8. The number of Topliss-reactive ketones (excluding diaryl/α,β-unsaturated/α-hetero) is 1. The van der Waals surface area contributed by atoms with Crippen LogP contribution in [0.3, 0.4) is 0 Å². The summed E-state index contributed by atoms with van der Waals surface area (Å²) < 4.78 is 13.5. The number of ketones is 1. The van der Waals surface area contributed by atoms with Gasteiger partial charge in [-0.05, 0) is 56.1 Å². The van der Waals surface area contributed by atoms with Crippen molar-refractivity contribution < 1.29 is 9.18 Å². The van der Waals surface area contributed by atoms with Crippen LogP contribution in [-0.2, 0) is 0 Å². The lowest BCUT2D eigenvalue weighted by Gasteiger charge is -2.21. The van der Waals surface area contributed by atoms with E-state index in [0.29, 0.717) is 17.5 Å². The van der Waals surface area contributed by atoms with Gasteiger partial charge in [-0.1, -0.05) is 12.1 Å². The lowest BCUT2D eigenvalue weighted by atomic mass is 10.1. The molecule has 1 aromatic carbocycles. The molecule has 2 saturated carbocycles. The van der Waals surface area contributed by atoms with Gasteiger partial charge in [-0.2, -0.15) is 0 Å². The number of hydrogen-bond donors (Lipinski definition) is 0. The number of halogens is 1. The first-order valence-electron chi connectivity index (χ1n) is 8.13. The molecule has 0 spiro atoms. The van der Waals surface area contributed by atoms with Crippen molar-refractivity contribution in [2.24, 2.45) is 11.8 Å². The van der Waals surface area contributed by atoms with E-state index < -0.39 is 0 Å². The van der Waals surface area contributed by atoms with Crippen LogP contribution in [0.4, 0.5) is 4.39 Å². The predicted molar refractivity (Wildman–Crippen MR) is 82.0 cm³/mol. The van der Waals surface area contributed by atoms with E-state index in [1.165, 1.54) is 31.7 Å². The molecule has 0 atom stereocenters. The molecule has 0 aromatic heterocycles. The number of nitrogens with zero attached hydrogens (tertiary/aromatic N) is 1. The van der Waals surface area contributed by atoms with E-state index >= 15 is 0 Å². The molecule has 2 nitrogen and oxygen atoms in total. The van der Waals surface area contributed by atoms with Crippen LogP contribution >= 0.6 is 0 Å². The Balaban J connectivity index is 1.53. The molecular weight excluding hydrogens is 265 g/mol. The Morgan fingerprint density at radius 2 is 1.81 bits per heavy atom. The lowest BCUT2D eigenvalue weighted by Crippen LogP contribution is -2.30. The summed E-state index contributed by atoms with van der Waals surface area (Å²) >= 11 is 0. The summed E-state index contributed by atoms with van der Waals surface area (Å²) in [5, 5.41) is 0. The third kappa shape index (κ3) is 4.37. The number of rotatable bonds is 8. The highest BCUT2D eigenvalue weighted by molar-refractivity contribution is 5.96. The molecule has 1 aromatic rings. The molecule has 0 heterocycles. The standard InChI is InChI=1S/C18H24FNO/c1-13-2-7-16(10-17(13)19)18(21)8-9-20(11-14-3-4-14)12-15-5-6-15/h2,7,10,14-15H,3-6,8-9,11-12H2,1H3. The zero-order valence-electron chi connectivity index (χ0n) is 12.8. The van der Waals surface area contributed by atoms with Crippen molar-refractivity contribution in [2.45, 2.75) is 39.0 Å². The monoisotopic (exact) mass is 289 g/mol. The molecule has 114 valence electrons. The summed E-state index contributed by atoms with van der Waals surface area (Å²) in [5.41, 5.74) is 1.10. The highest BCUT2D eigenvalue weighted by atomic mass is 19.1. The van der Waals surface area contributed by atoms with Gasteiger partial charge in [-0.15, -0.1) is 0 Å². The summed E-state index contributed by atoms with van der Waals surface area (Å²) in [6, 6.07) is 4.81. The topological polar surface area (TPSA) is 20.3 Å². The number of carbonyl (C=O) groups is 1. The molecule has 0 N–H and O–H groups in total. The number of hydrogen-bond acceptors (Lipinski definition) is 2. The first-order valence-corrected chi connectivity index (χ1v) is 8.13. The van der Waals surface area contributed by atoms with Crippen molar-refractivity contribution in [2.75, 3.05) is 19.6 Å². The van der Waals surface area contributed by atoms with Crippen LogP contribution in [0.5, 0.6) is 0 Å². The summed E-state index contributed by atoms with van der Waals surface area (Å²) in [4.78, 5) is 14.7. The third-order valence-corrected chi connectivity index (χ3v) is 4.58. The van der Waals surface area contributed by atoms with Gasteiger partial charge in [0.1, 0.15) is 5.82 Å². The van der Waals surface area contributed by atoms with Crippen LogP contribution in [0, 0.1) is 24.6 Å². The van der Waals surface area contributed by atoms with Gasteiger partial charge in [0.05, 0.1) is 0 Å². The summed E-state index contributed by atoms with van der Waals surface area (Å²) in [6.45, 7) is 4.83. The van der Waals surface area contributed by atoms with Crippen LogP contribution < -0.4 is 0 Å². The van der Waals surface area contributed by atoms with Crippen molar-refractivity contribution >= 4 is 5.78 Å². The summed E-state index contributed by atoms with van der Waals surface area (Å²) in [5.74, 6) is 1.49. The maximum atomic E-state index is 13.5. The maximum Gasteiger partial charge on any atom is 0.164 e. The van der Waals surface area contributed by atoms with Gasteiger partial charge in [0.25, 0.3) is 0 Å². The van der Waals surface area contributed by atoms with Crippen molar-refractivity contribution in [3.8, 4) is 0 Å². The fraction of sp³-hybridized carbons (Fsp3) is 0.611. The van der Waals surface area contributed by atoms with E-state index in [4.69, 9.17) is 0 Å². The molecule has 2 aliphatic carbocycles. The van der Waals surface area contributed by atoms with Crippen LogP contribution in [0.25, 0.3) is 0 Å². The Morgan fingerprint density at radius 1 is 1.19 bits per heavy atom. The average molecular weight is 289 g/mol. The van der Waals surface area contributed by atoms with Crippen LogP contribution in [0.2, 0.25) is 0 Å². The minimum atomic E-state index is -0.284. The Labute approximate surface area is 126 Å².